The molecule has 0 radical (unpaired) electrons. The Balaban J connectivity index is -0.0000000376. The molecule has 0 aromatic heterocycles. The molecule has 0 fully saturated rings. The molecule has 0 amide bonds. The third-order valence-corrected chi connectivity index (χ3v) is 0. The van der Waals surface area contributed by atoms with Crippen LogP contribution in [0.2, 0.25) is 0 Å². The largest absolute Gasteiger partial charge is 1.00 e. The van der Waals surface area contributed by atoms with Crippen LogP contribution in [0, 0.1) is 0 Å². The smallest absolute Gasteiger partial charge is 1.00 e. The van der Waals surface area contributed by atoms with Gasteiger partial charge in [-0.3, -0.25) is 0 Å². The average Bonchev–Trinajstić information content (AvgIpc) is 1.62. The molecule has 130 valence electrons. The van der Waals surface area contributed by atoms with Gasteiger partial charge in [0.15, 0.2) is 0 Å². The first-order valence-corrected chi connectivity index (χ1v) is 9.39. The summed E-state index contributed by atoms with van der Waals surface area (Å²) >= 11 is 0. The predicted molar refractivity (Wildman–Crippen MR) is 58.2 cm³/mol. The minimum Gasteiger partial charge on any atom is -1.00 e. The van der Waals surface area contributed by atoms with Gasteiger partial charge in [-0.2, -0.15) is 0 Å². The Morgan fingerprint density at radius 1 is 0.381 bits per heavy atom. The van der Waals surface area contributed by atoms with E-state index in [1.165, 1.54) is 0 Å². The van der Waals surface area contributed by atoms with Crippen molar-refractivity contribution >= 4 is 31.3 Å². The minimum absolute atomic E-state index is 0. The average molecular weight is 400 g/mol. The zero-order valence-corrected chi connectivity index (χ0v) is 13.4. The van der Waals surface area contributed by atoms with Crippen molar-refractivity contribution in [3.63, 3.8) is 0 Å². The van der Waals surface area contributed by atoms with Gasteiger partial charge in [0.25, 0.3) is 0 Å². The van der Waals surface area contributed by atoms with Gasteiger partial charge in [-0.05, 0) is 0 Å². The van der Waals surface area contributed by atoms with Crippen LogP contribution in [-0.4, -0.2) is 58.7 Å². The van der Waals surface area contributed by atoms with Crippen LogP contribution in [-0.2, 0) is 18.3 Å². The molecule has 16 nitrogen and oxygen atoms in total. The van der Waals surface area contributed by atoms with Crippen LogP contribution in [0.25, 0.3) is 0 Å². The minimum atomic E-state index is -4.64. The van der Waals surface area contributed by atoms with E-state index in [2.05, 4.69) is 0 Å². The molecule has 21 heteroatoms. The molecule has 0 aromatic rings. The summed E-state index contributed by atoms with van der Waals surface area (Å²) in [5, 5.41) is 0. The fourth-order valence-electron chi connectivity index (χ4n) is 0. The summed E-state index contributed by atoms with van der Waals surface area (Å²) in [5.41, 5.74) is 0. The van der Waals surface area contributed by atoms with Crippen molar-refractivity contribution in [2.24, 2.45) is 0 Å². The third-order valence-electron chi connectivity index (χ3n) is 0. The van der Waals surface area contributed by atoms with E-state index in [0.717, 1.165) is 0 Å². The monoisotopic (exact) mass is 400 g/mol. The summed E-state index contributed by atoms with van der Waals surface area (Å²) in [6.45, 7) is 0. The second-order valence-electron chi connectivity index (χ2n) is 2.05. The molecule has 0 atom stereocenters. The maximum absolute atomic E-state index is 8.88. The summed E-state index contributed by atoms with van der Waals surface area (Å²) < 4.78 is 35.5. The van der Waals surface area contributed by atoms with Crippen LogP contribution < -0.4 is 18.9 Å². The van der Waals surface area contributed by atoms with Gasteiger partial charge < -0.3 is 60.1 Å². The molecule has 0 unspecified atom stereocenters. The Kier molecular flexibility index (Phi) is 21.6. The molecule has 0 spiro atoms. The number of hydrogen-bond acceptors (Lipinski definition) is 4. The Morgan fingerprint density at radius 2 is 0.381 bits per heavy atom. The van der Waals surface area contributed by atoms with E-state index >= 15 is 0 Å². The van der Waals surface area contributed by atoms with Crippen molar-refractivity contribution < 1.29 is 97.3 Å². The normalized spacial score (nSPS) is 11.2. The number of hydrogen-bond donors (Lipinski definition) is 12. The van der Waals surface area contributed by atoms with E-state index in [0.29, 0.717) is 0 Å². The predicted octanol–water partition coefficient (Wildman–Crippen LogP) is -6.60. The van der Waals surface area contributed by atoms with Gasteiger partial charge in [-0.15, -0.1) is 0 Å². The van der Waals surface area contributed by atoms with Gasteiger partial charge in [-0.1, -0.05) is 0 Å². The van der Waals surface area contributed by atoms with Crippen molar-refractivity contribution in [2.75, 3.05) is 0 Å². The molecule has 0 saturated carbocycles. The maximum atomic E-state index is 8.88. The fraction of sp³-hybridized carbons (Fsp3) is 0. The molecular formula is H13LiO16P4. The molecule has 0 aliphatic carbocycles. The van der Waals surface area contributed by atoms with Crippen LogP contribution in [0.1, 0.15) is 1.43 Å². The van der Waals surface area contributed by atoms with Gasteiger partial charge >= 0.3 is 50.2 Å². The molecule has 12 N–H and O–H groups in total. The number of phosphoric acid groups is 4. The number of rotatable bonds is 0. The van der Waals surface area contributed by atoms with Gasteiger partial charge in [0, 0.05) is 0 Å². The van der Waals surface area contributed by atoms with Gasteiger partial charge in [-0.25, -0.2) is 18.3 Å². The topological polar surface area (TPSA) is 311 Å². The molecular weight excluding hydrogens is 387 g/mol. The van der Waals surface area contributed by atoms with Gasteiger partial charge in [0.05, 0.1) is 0 Å². The first-order valence-electron chi connectivity index (χ1n) is 3.13. The summed E-state index contributed by atoms with van der Waals surface area (Å²) in [5.74, 6) is 0. The standard InChI is InChI=1S/Li.4H3O4P.H/c;4*1-5(2,3)4;/h;4*(H3,1,2,3,4);/q+1;;;;;-1. The second-order valence-corrected chi connectivity index (χ2v) is 6.16. The zero-order chi connectivity index (χ0) is 18.0. The van der Waals surface area contributed by atoms with E-state index in [-0.39, 0.29) is 20.3 Å². The van der Waals surface area contributed by atoms with Crippen molar-refractivity contribution in [1.82, 2.24) is 0 Å². The van der Waals surface area contributed by atoms with Crippen LogP contribution in [0.3, 0.4) is 0 Å². The van der Waals surface area contributed by atoms with Gasteiger partial charge in [0.1, 0.15) is 0 Å². The Bertz CT molecular complexity index is 291. The van der Waals surface area contributed by atoms with E-state index in [1.54, 1.807) is 0 Å². The van der Waals surface area contributed by atoms with Crippen LogP contribution >= 0.6 is 31.3 Å². The first-order chi connectivity index (χ1) is 8.00. The van der Waals surface area contributed by atoms with E-state index < -0.39 is 31.3 Å². The molecule has 0 aliphatic rings. The van der Waals surface area contributed by atoms with Crippen molar-refractivity contribution in [3.05, 3.63) is 0 Å². The fourth-order valence-corrected chi connectivity index (χ4v) is 0. The van der Waals surface area contributed by atoms with Crippen LogP contribution in [0.4, 0.5) is 0 Å². The zero-order valence-electron chi connectivity index (χ0n) is 10.8. The summed E-state index contributed by atoms with van der Waals surface area (Å²) in [6, 6.07) is 0. The Morgan fingerprint density at radius 3 is 0.381 bits per heavy atom. The Labute approximate surface area is 129 Å². The second kappa shape index (κ2) is 13.5. The summed E-state index contributed by atoms with van der Waals surface area (Å²) in [7, 11) is -18.6. The Hall–Kier alpha value is 1.04. The van der Waals surface area contributed by atoms with E-state index in [4.69, 9.17) is 77.0 Å². The van der Waals surface area contributed by atoms with Crippen molar-refractivity contribution in [3.8, 4) is 0 Å². The molecule has 0 rings (SSSR count). The SMILES string of the molecule is O=P(O)(O)O.O=P(O)(O)O.O=P(O)(O)O.O=P(O)(O)O.[H-].[Li+]. The van der Waals surface area contributed by atoms with E-state index in [1.807, 2.05) is 0 Å². The first kappa shape index (κ1) is 33.6. The third kappa shape index (κ3) is 7080. The van der Waals surface area contributed by atoms with Gasteiger partial charge in [0.2, 0.25) is 0 Å². The molecule has 21 heavy (non-hydrogen) atoms. The maximum Gasteiger partial charge on any atom is 1.00 e. The quantitative estimate of drug-likeness (QED) is 0.133. The molecule has 0 heterocycles. The summed E-state index contributed by atoms with van der Waals surface area (Å²) in [6.07, 6.45) is 0. The van der Waals surface area contributed by atoms with Crippen molar-refractivity contribution in [2.45, 2.75) is 0 Å². The van der Waals surface area contributed by atoms with Crippen LogP contribution in [0.15, 0.2) is 0 Å². The van der Waals surface area contributed by atoms with E-state index in [9.17, 15) is 0 Å². The molecule has 0 saturated heterocycles. The summed E-state index contributed by atoms with van der Waals surface area (Å²) in [4.78, 5) is 86.2. The molecule has 0 bridgehead atoms. The molecule has 0 aliphatic heterocycles. The van der Waals surface area contributed by atoms with Crippen LogP contribution in [0.5, 0.6) is 0 Å². The van der Waals surface area contributed by atoms with Crippen molar-refractivity contribution in [1.29, 1.82) is 0 Å². The molecule has 0 aromatic carbocycles.